The van der Waals surface area contributed by atoms with E-state index in [-0.39, 0.29) is 24.3 Å². The van der Waals surface area contributed by atoms with Crippen LogP contribution >= 0.6 is 11.3 Å². The van der Waals surface area contributed by atoms with Gasteiger partial charge in [0.2, 0.25) is 0 Å². The Hall–Kier alpha value is -2.90. The third-order valence-corrected chi connectivity index (χ3v) is 5.56. The van der Waals surface area contributed by atoms with Crippen molar-refractivity contribution in [3.05, 3.63) is 81.9 Å². The Morgan fingerprint density at radius 3 is 2.59 bits per heavy atom. The van der Waals surface area contributed by atoms with E-state index in [0.29, 0.717) is 0 Å². The van der Waals surface area contributed by atoms with Gasteiger partial charge in [0.05, 0.1) is 11.1 Å². The number of hydrazine groups is 1. The first-order chi connectivity index (χ1) is 14.2. The highest BCUT2D eigenvalue weighted by Gasteiger charge is 2.20. The number of hydrogen-bond donors (Lipinski definition) is 3. The van der Waals surface area contributed by atoms with E-state index in [4.69, 9.17) is 4.42 Å². The second-order valence-corrected chi connectivity index (χ2v) is 7.74. The molecule has 152 valence electrons. The molecule has 7 heteroatoms. The Labute approximate surface area is 174 Å². The zero-order chi connectivity index (χ0) is 20.5. The highest BCUT2D eigenvalue weighted by atomic mass is 32.1. The second-order valence-electron chi connectivity index (χ2n) is 6.76. The number of carbonyl (C=O) groups excluding carboxylic acids is 2. The molecular formula is C22H26N3O3S+. The highest BCUT2D eigenvalue weighted by molar-refractivity contribution is 7.10. The smallest absolute Gasteiger partial charge is 0.305 e. The standard InChI is InChI=1S/C22H25N3O3S/c1-2-3-6-16-9-11-17(12-10-16)21(19-8-5-14-29-19)23-15-20(26)24-25-22(27)18-7-4-13-28-18/h4-5,7-14,21,23H,2-3,6,15H2,1H3,(H,24,26)(H,25,27)/p+1/t21-/m0/s1. The first-order valence-electron chi connectivity index (χ1n) is 9.75. The van der Waals surface area contributed by atoms with Gasteiger partial charge in [-0.25, -0.2) is 0 Å². The van der Waals surface area contributed by atoms with Gasteiger partial charge in [0.15, 0.2) is 12.3 Å². The number of unbranched alkanes of at least 4 members (excludes halogenated alkanes) is 1. The number of aryl methyl sites for hydroxylation is 1. The van der Waals surface area contributed by atoms with E-state index in [1.54, 1.807) is 17.4 Å². The van der Waals surface area contributed by atoms with Crippen LogP contribution in [0.4, 0.5) is 0 Å². The van der Waals surface area contributed by atoms with Crippen molar-refractivity contribution in [2.45, 2.75) is 32.2 Å². The maximum Gasteiger partial charge on any atom is 0.305 e. The van der Waals surface area contributed by atoms with Crippen molar-refractivity contribution in [1.82, 2.24) is 10.9 Å². The maximum absolute atomic E-state index is 12.2. The molecule has 0 aliphatic rings. The zero-order valence-electron chi connectivity index (χ0n) is 16.4. The van der Waals surface area contributed by atoms with E-state index in [0.717, 1.165) is 12.0 Å². The Balaban J connectivity index is 1.58. The van der Waals surface area contributed by atoms with Gasteiger partial charge in [-0.2, -0.15) is 0 Å². The summed E-state index contributed by atoms with van der Waals surface area (Å²) in [4.78, 5) is 25.2. The predicted molar refractivity (Wildman–Crippen MR) is 112 cm³/mol. The van der Waals surface area contributed by atoms with Crippen molar-refractivity contribution >= 4 is 23.2 Å². The number of carbonyl (C=O) groups is 2. The summed E-state index contributed by atoms with van der Waals surface area (Å²) in [5.74, 6) is -0.624. The molecule has 6 nitrogen and oxygen atoms in total. The molecule has 0 saturated heterocycles. The summed E-state index contributed by atoms with van der Waals surface area (Å²) >= 11 is 1.67. The number of nitrogens with one attached hydrogen (secondary N) is 2. The molecular weight excluding hydrogens is 386 g/mol. The molecule has 0 fully saturated rings. The monoisotopic (exact) mass is 412 g/mol. The molecule has 2 aromatic heterocycles. The van der Waals surface area contributed by atoms with Crippen LogP contribution in [-0.4, -0.2) is 18.4 Å². The topological polar surface area (TPSA) is 88.0 Å². The largest absolute Gasteiger partial charge is 0.459 e. The Morgan fingerprint density at radius 2 is 1.93 bits per heavy atom. The van der Waals surface area contributed by atoms with Gasteiger partial charge in [-0.05, 0) is 42.0 Å². The predicted octanol–water partition coefficient (Wildman–Crippen LogP) is 2.80. The van der Waals surface area contributed by atoms with Gasteiger partial charge in [-0.1, -0.05) is 43.7 Å². The van der Waals surface area contributed by atoms with E-state index in [9.17, 15) is 9.59 Å². The van der Waals surface area contributed by atoms with Gasteiger partial charge in [0, 0.05) is 5.56 Å². The molecule has 3 aromatic rings. The Kier molecular flexibility index (Phi) is 7.61. The lowest BCUT2D eigenvalue weighted by molar-refractivity contribution is -0.676. The molecule has 3 rings (SSSR count). The van der Waals surface area contributed by atoms with E-state index < -0.39 is 5.91 Å². The van der Waals surface area contributed by atoms with Crippen molar-refractivity contribution in [3.63, 3.8) is 0 Å². The summed E-state index contributed by atoms with van der Waals surface area (Å²) in [5, 5.41) is 4.01. The molecule has 0 aliphatic carbocycles. The van der Waals surface area contributed by atoms with E-state index in [1.807, 2.05) is 16.8 Å². The summed E-state index contributed by atoms with van der Waals surface area (Å²) < 4.78 is 5.00. The molecule has 0 spiro atoms. The summed E-state index contributed by atoms with van der Waals surface area (Å²) in [5.41, 5.74) is 7.27. The molecule has 0 unspecified atom stereocenters. The molecule has 1 atom stereocenters. The summed E-state index contributed by atoms with van der Waals surface area (Å²) in [7, 11) is 0. The van der Waals surface area contributed by atoms with Crippen LogP contribution in [-0.2, 0) is 11.2 Å². The van der Waals surface area contributed by atoms with Crippen molar-refractivity contribution in [1.29, 1.82) is 0 Å². The Morgan fingerprint density at radius 1 is 1.10 bits per heavy atom. The normalized spacial score (nSPS) is 11.8. The Bertz CT molecular complexity index is 890. The number of benzene rings is 1. The van der Waals surface area contributed by atoms with Crippen LogP contribution in [0.1, 0.15) is 52.4 Å². The van der Waals surface area contributed by atoms with Crippen molar-refractivity contribution in [2.24, 2.45) is 0 Å². The SMILES string of the molecule is CCCCc1ccc([C@H]([NH2+]CC(=O)NNC(=O)c2ccco2)c2cccs2)cc1. The van der Waals surface area contributed by atoms with Crippen molar-refractivity contribution < 1.29 is 19.3 Å². The van der Waals surface area contributed by atoms with Crippen LogP contribution in [0.2, 0.25) is 0 Å². The minimum Gasteiger partial charge on any atom is -0.459 e. The average Bonchev–Trinajstić information content (AvgIpc) is 3.46. The van der Waals surface area contributed by atoms with E-state index >= 15 is 0 Å². The molecule has 1 aromatic carbocycles. The number of amides is 2. The number of rotatable bonds is 9. The third kappa shape index (κ3) is 6.04. The van der Waals surface area contributed by atoms with Crippen LogP contribution in [0.3, 0.4) is 0 Å². The molecule has 2 heterocycles. The fraction of sp³-hybridized carbons (Fsp3) is 0.273. The molecule has 2 amide bonds. The first-order valence-corrected chi connectivity index (χ1v) is 10.6. The fourth-order valence-corrected chi connectivity index (χ4v) is 3.88. The number of furan rings is 1. The quantitative estimate of drug-likeness (QED) is 0.472. The highest BCUT2D eigenvalue weighted by Crippen LogP contribution is 2.23. The number of hydrogen-bond acceptors (Lipinski definition) is 4. The number of thiophene rings is 1. The average molecular weight is 413 g/mol. The molecule has 4 N–H and O–H groups in total. The van der Waals surface area contributed by atoms with Gasteiger partial charge in [-0.15, -0.1) is 11.3 Å². The minimum atomic E-state index is -0.485. The summed E-state index contributed by atoms with van der Waals surface area (Å²) in [6.07, 6.45) is 4.86. The molecule has 0 bridgehead atoms. The van der Waals surface area contributed by atoms with Crippen molar-refractivity contribution in [3.8, 4) is 0 Å². The maximum atomic E-state index is 12.2. The van der Waals surface area contributed by atoms with Crippen LogP contribution < -0.4 is 16.2 Å². The van der Waals surface area contributed by atoms with Gasteiger partial charge in [0.1, 0.15) is 6.04 Å². The number of nitrogens with two attached hydrogens (primary N) is 1. The molecule has 0 saturated carbocycles. The minimum absolute atomic E-state index is 0.0294. The lowest BCUT2D eigenvalue weighted by atomic mass is 10.0. The van der Waals surface area contributed by atoms with Crippen LogP contribution in [0.15, 0.2) is 64.6 Å². The number of quaternary nitrogens is 1. The lowest BCUT2D eigenvalue weighted by Crippen LogP contribution is -2.88. The molecule has 0 radical (unpaired) electrons. The molecule has 0 aliphatic heterocycles. The second kappa shape index (κ2) is 10.6. The van der Waals surface area contributed by atoms with Gasteiger partial charge >= 0.3 is 5.91 Å². The fourth-order valence-electron chi connectivity index (χ4n) is 3.03. The van der Waals surface area contributed by atoms with Gasteiger partial charge < -0.3 is 9.73 Å². The third-order valence-electron chi connectivity index (χ3n) is 4.61. The molecule has 29 heavy (non-hydrogen) atoms. The van der Waals surface area contributed by atoms with Crippen LogP contribution in [0, 0.1) is 0 Å². The van der Waals surface area contributed by atoms with Crippen LogP contribution in [0.5, 0.6) is 0 Å². The lowest BCUT2D eigenvalue weighted by Gasteiger charge is -2.15. The van der Waals surface area contributed by atoms with E-state index in [2.05, 4.69) is 48.1 Å². The van der Waals surface area contributed by atoms with Crippen molar-refractivity contribution in [2.75, 3.05) is 6.54 Å². The summed E-state index contributed by atoms with van der Waals surface area (Å²) in [6, 6.07) is 15.9. The van der Waals surface area contributed by atoms with Gasteiger partial charge in [0.25, 0.3) is 5.91 Å². The van der Waals surface area contributed by atoms with Gasteiger partial charge in [-0.3, -0.25) is 20.4 Å². The summed E-state index contributed by atoms with van der Waals surface area (Å²) in [6.45, 7) is 2.37. The van der Waals surface area contributed by atoms with E-state index in [1.165, 1.54) is 35.6 Å². The zero-order valence-corrected chi connectivity index (χ0v) is 17.2. The first kappa shape index (κ1) is 20.8. The van der Waals surface area contributed by atoms with Crippen LogP contribution in [0.25, 0.3) is 0 Å².